The molecule has 45 heavy (non-hydrogen) atoms. The number of hydrogen-bond donors (Lipinski definition) is 0. The van der Waals surface area contributed by atoms with Gasteiger partial charge in [-0.25, -0.2) is 0 Å². The fourth-order valence-corrected chi connectivity index (χ4v) is 5.33. The van der Waals surface area contributed by atoms with Crippen molar-refractivity contribution in [2.45, 2.75) is 0 Å². The van der Waals surface area contributed by atoms with Gasteiger partial charge < -0.3 is 4.42 Å². The van der Waals surface area contributed by atoms with E-state index in [9.17, 15) is 11.0 Å². The minimum Gasteiger partial charge on any atom is -0.456 e. The Bertz CT molecular complexity index is 3980. The number of rotatable bonds is 4. The van der Waals surface area contributed by atoms with Gasteiger partial charge in [0.05, 0.1) is 38.4 Å². The molecule has 0 saturated heterocycles. The Labute approximate surface area is 301 Å². The summed E-state index contributed by atoms with van der Waals surface area (Å²) in [5.41, 5.74) is -8.09. The molecule has 1 heteroatoms. The molecular weight excluding hydrogens is 544 g/mol. The third-order valence-electron chi connectivity index (χ3n) is 7.14. The maximum absolute atomic E-state index is 10.0. The number of fused-ring (bicyclic) bond motifs is 5. The highest BCUT2D eigenvalue weighted by atomic mass is 16.3. The van der Waals surface area contributed by atoms with E-state index in [1.807, 2.05) is 0 Å². The molecule has 0 aliphatic carbocycles. The van der Waals surface area contributed by atoms with Crippen LogP contribution in [0.3, 0.4) is 0 Å². The van der Waals surface area contributed by atoms with Crippen LogP contribution in [-0.2, 0) is 0 Å². The summed E-state index contributed by atoms with van der Waals surface area (Å²) in [5.74, 6) is 0. The van der Waals surface area contributed by atoms with Gasteiger partial charge in [-0.05, 0) is 84.2 Å². The lowest BCUT2D eigenvalue weighted by Crippen LogP contribution is -1.92. The third kappa shape index (κ3) is 4.09. The molecule has 0 bridgehead atoms. The van der Waals surface area contributed by atoms with Gasteiger partial charge in [-0.15, -0.1) is 0 Å². The molecule has 1 aromatic heterocycles. The molecule has 8 aromatic carbocycles. The lowest BCUT2D eigenvalue weighted by Gasteiger charge is -2.19. The minimum absolute atomic E-state index is 0.503. The molecule has 0 N–H and O–H groups in total. The van der Waals surface area contributed by atoms with Gasteiger partial charge in [-0.1, -0.05) is 151 Å². The van der Waals surface area contributed by atoms with Crippen LogP contribution in [0.15, 0.2) is 174 Å². The van der Waals surface area contributed by atoms with E-state index in [0.29, 0.717) is 0 Å². The van der Waals surface area contributed by atoms with E-state index in [1.54, 1.807) is 0 Å². The zero-order valence-corrected chi connectivity index (χ0v) is 22.4. The second-order valence-corrected chi connectivity index (χ2v) is 9.51. The summed E-state index contributed by atoms with van der Waals surface area (Å²) in [6.07, 6.45) is 0. The van der Waals surface area contributed by atoms with Crippen molar-refractivity contribution in [2.75, 3.05) is 0 Å². The first-order valence-electron chi connectivity index (χ1n) is 27.2. The molecule has 1 nitrogen and oxygen atoms in total. The lowest BCUT2D eigenvalue weighted by molar-refractivity contribution is 0.669. The van der Waals surface area contributed by atoms with E-state index in [1.165, 1.54) is 0 Å². The maximum atomic E-state index is 10.0. The predicted molar refractivity (Wildman–Crippen MR) is 190 cm³/mol. The number of para-hydroxylation sites is 1. The van der Waals surface area contributed by atoms with Crippen LogP contribution in [0, 0.1) is 0 Å². The Balaban J connectivity index is 1.67. The highest BCUT2D eigenvalue weighted by molar-refractivity contribution is 6.25. The molecule has 0 aliphatic heterocycles. The normalized spacial score (nSPS) is 20.3. The fraction of sp³-hybridized carbons (Fsp3) is 0. The van der Waals surface area contributed by atoms with Crippen molar-refractivity contribution in [1.82, 2.24) is 0 Å². The zero-order valence-electron chi connectivity index (χ0n) is 50.4. The predicted octanol–water partition coefficient (Wildman–Crippen LogP) is 12.6. The first-order valence-corrected chi connectivity index (χ1v) is 13.2. The Morgan fingerprint density at radius 2 is 0.844 bits per heavy atom. The van der Waals surface area contributed by atoms with Crippen LogP contribution in [0.25, 0.3) is 88.0 Å². The van der Waals surface area contributed by atoms with E-state index >= 15 is 0 Å². The van der Waals surface area contributed by atoms with Crippen molar-refractivity contribution in [3.8, 4) is 44.5 Å². The Kier molecular flexibility index (Phi) is 2.32. The summed E-state index contributed by atoms with van der Waals surface area (Å²) < 4.78 is 257. The van der Waals surface area contributed by atoms with Crippen LogP contribution >= 0.6 is 0 Å². The number of benzene rings is 8. The van der Waals surface area contributed by atoms with Crippen molar-refractivity contribution in [1.29, 1.82) is 0 Å². The maximum Gasteiger partial charge on any atom is 0.136 e. The minimum atomic E-state index is -1.18. The smallest absolute Gasteiger partial charge is 0.136 e. The quantitative estimate of drug-likeness (QED) is 0.183. The van der Waals surface area contributed by atoms with Crippen LogP contribution < -0.4 is 0 Å². The highest BCUT2D eigenvalue weighted by Gasteiger charge is 2.21. The molecule has 210 valence electrons. The average molecular weight is 601 g/mol. The molecule has 0 unspecified atom stereocenters. The monoisotopic (exact) mass is 600 g/mol. The molecule has 9 aromatic rings. The van der Waals surface area contributed by atoms with Crippen LogP contribution in [-0.4, -0.2) is 0 Å². The van der Waals surface area contributed by atoms with Crippen LogP contribution in [0.2, 0.25) is 0 Å². The summed E-state index contributed by atoms with van der Waals surface area (Å²) in [6.45, 7) is 0. The van der Waals surface area contributed by atoms with Crippen molar-refractivity contribution in [3.63, 3.8) is 0 Å². The summed E-state index contributed by atoms with van der Waals surface area (Å²) >= 11 is 0. The topological polar surface area (TPSA) is 13.1 Å². The van der Waals surface area contributed by atoms with Gasteiger partial charge >= 0.3 is 0 Å². The molecule has 0 radical (unpaired) electrons. The SMILES string of the molecule is [2H]c1c([2H])c([2H])c(-c2c([2H])c([2H])c(-c3c4c([2H])c([2H])c([2H])c([2H])c4c(-c4c([2H])c([2H])c([2H])c5oc6c([2H])c([2H])c([2H])c([2H])c6c45)c4c([2H])c([2H])c([2H])c([2H])c34)c([2H])c2-c2c([2H])c([2H])c([2H])c([2H])c2[2H])c([2H])c1[2H]. The molecule has 0 spiro atoms. The fourth-order valence-electron chi connectivity index (χ4n) is 5.33. The highest BCUT2D eigenvalue weighted by Crippen LogP contribution is 2.47. The zero-order chi connectivity index (χ0) is 54.1. The molecule has 0 fully saturated rings. The van der Waals surface area contributed by atoms with Gasteiger partial charge in [-0.3, -0.25) is 0 Å². The molecule has 0 saturated carbocycles. The number of hydrogen-bond acceptors (Lipinski definition) is 1. The molecule has 0 aliphatic rings. The van der Waals surface area contributed by atoms with E-state index in [4.69, 9.17) is 31.8 Å². The first-order chi connectivity index (χ1) is 34.0. The lowest BCUT2D eigenvalue weighted by atomic mass is 9.83. The van der Waals surface area contributed by atoms with Gasteiger partial charge in [0.2, 0.25) is 0 Å². The Morgan fingerprint density at radius 1 is 0.333 bits per heavy atom. The second kappa shape index (κ2) is 10.4. The molecule has 9 rings (SSSR count). The summed E-state index contributed by atoms with van der Waals surface area (Å²) in [7, 11) is 0. The van der Waals surface area contributed by atoms with Crippen molar-refractivity contribution >= 4 is 43.5 Å². The van der Waals surface area contributed by atoms with Crippen molar-refractivity contribution in [2.24, 2.45) is 0 Å². The van der Waals surface area contributed by atoms with Gasteiger partial charge in [0, 0.05) is 10.8 Å². The largest absolute Gasteiger partial charge is 0.456 e. The molecular formula is C44H28O. The van der Waals surface area contributed by atoms with Gasteiger partial charge in [0.1, 0.15) is 11.2 Å². The van der Waals surface area contributed by atoms with E-state index in [-0.39, 0.29) is 0 Å². The molecule has 0 atom stereocenters. The van der Waals surface area contributed by atoms with E-state index < -0.39 is 257 Å². The third-order valence-corrected chi connectivity index (χ3v) is 7.14. The van der Waals surface area contributed by atoms with Crippen LogP contribution in [0.5, 0.6) is 0 Å². The summed E-state index contributed by atoms with van der Waals surface area (Å²) in [5, 5.41) is -4.20. The standard InChI is InChI=1S/C44H28O/c1-3-14-29(15-4-1)32-27-26-31(28-39(32)30-16-5-2-6-17-30)42-33-18-7-9-20-35(33)43(36-21-10-8-19-34(36)42)38-23-13-25-41-44(38)37-22-11-12-24-40(37)45-41/h1-28H/i1D,2D,3D,4D,5D,6D,7D,8D,9D,10D,11D,12D,13D,14D,15D,16D,17D,18D,19D,20D,21D,22D,23D,24D,25D,26D,27D,28D. The van der Waals surface area contributed by atoms with E-state index in [0.717, 1.165) is 0 Å². The Morgan fingerprint density at radius 3 is 1.49 bits per heavy atom. The summed E-state index contributed by atoms with van der Waals surface area (Å²) in [6, 6.07) is -27.8. The van der Waals surface area contributed by atoms with Gasteiger partial charge in [-0.2, -0.15) is 0 Å². The van der Waals surface area contributed by atoms with Crippen LogP contribution in [0.1, 0.15) is 38.4 Å². The van der Waals surface area contributed by atoms with Crippen LogP contribution in [0.4, 0.5) is 0 Å². The average Bonchev–Trinajstić information content (AvgIpc) is 3.76. The van der Waals surface area contributed by atoms with Gasteiger partial charge in [0.15, 0.2) is 0 Å². The van der Waals surface area contributed by atoms with Crippen molar-refractivity contribution < 1.29 is 42.8 Å². The number of furan rings is 1. The second-order valence-electron chi connectivity index (χ2n) is 9.51. The molecule has 1 heterocycles. The van der Waals surface area contributed by atoms with E-state index in [2.05, 4.69) is 0 Å². The summed E-state index contributed by atoms with van der Waals surface area (Å²) in [4.78, 5) is 0. The van der Waals surface area contributed by atoms with Gasteiger partial charge in [0.25, 0.3) is 0 Å². The van der Waals surface area contributed by atoms with Crippen molar-refractivity contribution in [3.05, 3.63) is 169 Å². The first kappa shape index (κ1) is 10.1. The Hall–Kier alpha value is -5.92. The molecule has 0 amide bonds.